The van der Waals surface area contributed by atoms with Crippen LogP contribution in [0.2, 0.25) is 0 Å². The van der Waals surface area contributed by atoms with E-state index in [-0.39, 0.29) is 23.8 Å². The topological polar surface area (TPSA) is 113 Å². The zero-order valence-electron chi connectivity index (χ0n) is 23.3. The fourth-order valence-corrected chi connectivity index (χ4v) is 5.45. The lowest BCUT2D eigenvalue weighted by Gasteiger charge is -2.41. The molecule has 9 nitrogen and oxygen atoms in total. The summed E-state index contributed by atoms with van der Waals surface area (Å²) in [5.74, 6) is 0.677. The Morgan fingerprint density at radius 3 is 2.33 bits per heavy atom. The smallest absolute Gasteiger partial charge is 0.321 e. The van der Waals surface area contributed by atoms with E-state index in [1.165, 1.54) is 12.6 Å². The molecule has 9 heteroatoms. The molecule has 0 bridgehead atoms. The maximum atomic E-state index is 13.1. The number of hydrogen-bond donors (Lipinski definition) is 1. The molecule has 0 atom stereocenters. The van der Waals surface area contributed by atoms with Crippen molar-refractivity contribution in [1.29, 1.82) is 0 Å². The number of rotatable bonds is 11. The third kappa shape index (κ3) is 7.40. The molecule has 2 heterocycles. The predicted octanol–water partition coefficient (Wildman–Crippen LogP) is 4.53. The van der Waals surface area contributed by atoms with Gasteiger partial charge in [0, 0.05) is 50.3 Å². The molecule has 0 aliphatic carbocycles. The van der Waals surface area contributed by atoms with Gasteiger partial charge in [-0.3, -0.25) is 19.3 Å². The van der Waals surface area contributed by atoms with Crippen LogP contribution < -0.4 is 15.4 Å². The normalized spacial score (nSPS) is 15.5. The summed E-state index contributed by atoms with van der Waals surface area (Å²) in [6.45, 7) is 1.84. The van der Waals surface area contributed by atoms with Gasteiger partial charge < -0.3 is 20.3 Å². The number of likely N-dealkylation sites (tertiary alicyclic amines) is 1. The van der Waals surface area contributed by atoms with Crippen molar-refractivity contribution < 1.29 is 23.9 Å². The van der Waals surface area contributed by atoms with Crippen LogP contribution in [-0.4, -0.2) is 66.3 Å². The van der Waals surface area contributed by atoms with Crippen molar-refractivity contribution >= 4 is 29.4 Å². The molecule has 4 rings (SSSR count). The second-order valence-electron chi connectivity index (χ2n) is 10.6. The van der Waals surface area contributed by atoms with Crippen LogP contribution in [0, 0.1) is 0 Å². The molecule has 0 aromatic heterocycles. The first-order chi connectivity index (χ1) is 19.3. The molecular weight excluding hydrogens is 508 g/mol. The van der Waals surface area contributed by atoms with Crippen molar-refractivity contribution in [1.82, 2.24) is 9.80 Å². The minimum Gasteiger partial charge on any atom is -0.494 e. The highest BCUT2D eigenvalue weighted by Gasteiger charge is 2.33. The number of nitrogens with two attached hydrogens (primary N) is 1. The summed E-state index contributed by atoms with van der Waals surface area (Å²) in [6.07, 6.45) is 7.72. The number of anilines is 1. The molecule has 0 unspecified atom stereocenters. The molecule has 2 aromatic rings. The number of fused-ring (bicyclic) bond motifs is 1. The van der Waals surface area contributed by atoms with Gasteiger partial charge in [0.05, 0.1) is 6.61 Å². The lowest BCUT2D eigenvalue weighted by molar-refractivity contribution is -0.127. The van der Waals surface area contributed by atoms with Gasteiger partial charge in [0.2, 0.25) is 11.8 Å². The van der Waals surface area contributed by atoms with Crippen molar-refractivity contribution in [2.75, 3.05) is 31.6 Å². The Bertz CT molecular complexity index is 1190. The Hall–Kier alpha value is -3.88. The number of primary amides is 1. The van der Waals surface area contributed by atoms with Gasteiger partial charge in [0.25, 0.3) is 5.91 Å². The quantitative estimate of drug-likeness (QED) is 0.415. The highest BCUT2D eigenvalue weighted by atomic mass is 16.5. The predicted molar refractivity (Wildman–Crippen MR) is 153 cm³/mol. The Morgan fingerprint density at radius 2 is 1.60 bits per heavy atom. The Morgan fingerprint density at radius 1 is 0.925 bits per heavy atom. The molecule has 0 saturated carbocycles. The fourth-order valence-electron chi connectivity index (χ4n) is 5.45. The van der Waals surface area contributed by atoms with Gasteiger partial charge in [-0.1, -0.05) is 37.5 Å². The summed E-state index contributed by atoms with van der Waals surface area (Å²) in [5.41, 5.74) is 7.99. The standard InChI is InChI=1S/C31H40N4O5/c1-33(31(32)39)28(36)11-5-3-2-4-8-22-40-26-15-12-24(13-16-26)30(38)34-20-18-25(19-21-34)35-27-10-7-6-9-23(27)14-17-29(35)37/h6-7,9-10,12-13,15-16,25H,2-5,8,11,14,17-22H2,1H3,(H2,32,39). The SMILES string of the molecule is CN(C(N)=O)C(=O)CCCCCCCOc1ccc(C(=O)N2CCC(N3C(=O)CCc4ccccc43)CC2)cc1. The number of hydrogen-bond acceptors (Lipinski definition) is 5. The summed E-state index contributed by atoms with van der Waals surface area (Å²) >= 11 is 0. The van der Waals surface area contributed by atoms with E-state index in [1.54, 1.807) is 0 Å². The summed E-state index contributed by atoms with van der Waals surface area (Å²) < 4.78 is 5.83. The van der Waals surface area contributed by atoms with E-state index >= 15 is 0 Å². The fraction of sp³-hybridized carbons (Fsp3) is 0.484. The summed E-state index contributed by atoms with van der Waals surface area (Å²) in [7, 11) is 1.40. The first kappa shape index (κ1) is 29.1. The number of ether oxygens (including phenoxy) is 1. The van der Waals surface area contributed by atoms with Crippen molar-refractivity contribution in [3.8, 4) is 5.75 Å². The van der Waals surface area contributed by atoms with Gasteiger partial charge in [-0.05, 0) is 68.0 Å². The van der Waals surface area contributed by atoms with Crippen LogP contribution in [0.3, 0.4) is 0 Å². The number of imide groups is 1. The highest BCUT2D eigenvalue weighted by molar-refractivity contribution is 5.97. The summed E-state index contributed by atoms with van der Waals surface area (Å²) in [6, 6.07) is 14.8. The van der Waals surface area contributed by atoms with Crippen LogP contribution in [0.1, 0.15) is 73.7 Å². The molecule has 214 valence electrons. The van der Waals surface area contributed by atoms with Gasteiger partial charge >= 0.3 is 6.03 Å². The number of amides is 5. The molecule has 0 radical (unpaired) electrons. The first-order valence-corrected chi connectivity index (χ1v) is 14.3. The maximum Gasteiger partial charge on any atom is 0.321 e. The van der Waals surface area contributed by atoms with Crippen LogP contribution >= 0.6 is 0 Å². The van der Waals surface area contributed by atoms with Crippen LogP contribution in [0.4, 0.5) is 10.5 Å². The molecule has 2 aliphatic rings. The molecule has 5 amide bonds. The van der Waals surface area contributed by atoms with E-state index in [4.69, 9.17) is 10.5 Å². The van der Waals surface area contributed by atoms with Gasteiger partial charge in [0.15, 0.2) is 0 Å². The van der Waals surface area contributed by atoms with Crippen molar-refractivity contribution in [3.63, 3.8) is 0 Å². The average molecular weight is 549 g/mol. The van der Waals surface area contributed by atoms with Crippen LogP contribution in [0.5, 0.6) is 5.75 Å². The lowest BCUT2D eigenvalue weighted by atomic mass is 9.95. The number of benzene rings is 2. The molecule has 40 heavy (non-hydrogen) atoms. The minimum atomic E-state index is -0.724. The number of para-hydroxylation sites is 1. The Balaban J connectivity index is 1.14. The lowest BCUT2D eigenvalue weighted by Crippen LogP contribution is -2.50. The van der Waals surface area contributed by atoms with Gasteiger partial charge in [-0.2, -0.15) is 0 Å². The van der Waals surface area contributed by atoms with E-state index in [2.05, 4.69) is 6.07 Å². The third-order valence-electron chi connectivity index (χ3n) is 7.85. The number of carbonyl (C=O) groups excluding carboxylic acids is 4. The zero-order valence-corrected chi connectivity index (χ0v) is 23.3. The monoisotopic (exact) mass is 548 g/mol. The Kier molecular flexibility index (Phi) is 10.2. The maximum absolute atomic E-state index is 13.1. The van der Waals surface area contributed by atoms with Crippen LogP contribution in [0.15, 0.2) is 48.5 Å². The molecule has 1 saturated heterocycles. The second-order valence-corrected chi connectivity index (χ2v) is 10.6. The summed E-state index contributed by atoms with van der Waals surface area (Å²) in [4.78, 5) is 53.4. The third-order valence-corrected chi connectivity index (χ3v) is 7.85. The molecular formula is C31H40N4O5. The average Bonchev–Trinajstić information content (AvgIpc) is 2.98. The van der Waals surface area contributed by atoms with Crippen molar-refractivity contribution in [2.24, 2.45) is 5.73 Å². The number of nitrogens with zero attached hydrogens (tertiary/aromatic N) is 3. The largest absolute Gasteiger partial charge is 0.494 e. The van der Waals surface area contributed by atoms with Gasteiger partial charge in [-0.25, -0.2) is 4.79 Å². The highest BCUT2D eigenvalue weighted by Crippen LogP contribution is 2.32. The van der Waals surface area contributed by atoms with Crippen LogP contribution in [0.25, 0.3) is 0 Å². The summed E-state index contributed by atoms with van der Waals surface area (Å²) in [5, 5.41) is 0. The molecule has 1 fully saturated rings. The number of urea groups is 1. The number of carbonyl (C=O) groups is 4. The zero-order chi connectivity index (χ0) is 28.5. The van der Waals surface area contributed by atoms with E-state index in [0.717, 1.165) is 67.7 Å². The second kappa shape index (κ2) is 14.0. The van der Waals surface area contributed by atoms with Crippen LogP contribution in [-0.2, 0) is 16.0 Å². The van der Waals surface area contributed by atoms with Gasteiger partial charge in [-0.15, -0.1) is 0 Å². The molecule has 2 N–H and O–H groups in total. The van der Waals surface area contributed by atoms with E-state index in [9.17, 15) is 19.2 Å². The number of aryl methyl sites for hydroxylation is 1. The molecule has 0 spiro atoms. The molecule has 2 aliphatic heterocycles. The van der Waals surface area contributed by atoms with Crippen molar-refractivity contribution in [2.45, 2.75) is 70.3 Å². The number of unbranched alkanes of at least 4 members (excludes halogenated alkanes) is 4. The van der Waals surface area contributed by atoms with E-state index in [0.29, 0.717) is 38.1 Å². The van der Waals surface area contributed by atoms with Gasteiger partial charge in [0.1, 0.15) is 5.75 Å². The number of piperidine rings is 1. The minimum absolute atomic E-state index is 0.0101. The Labute approximate surface area is 236 Å². The molecule has 2 aromatic carbocycles. The van der Waals surface area contributed by atoms with Crippen molar-refractivity contribution in [3.05, 3.63) is 59.7 Å². The van der Waals surface area contributed by atoms with E-state index < -0.39 is 6.03 Å². The van der Waals surface area contributed by atoms with E-state index in [1.807, 2.05) is 52.3 Å². The first-order valence-electron chi connectivity index (χ1n) is 14.3.